The number of aryl methyl sites for hydroxylation is 2. The average molecular weight is 324 g/mol. The van der Waals surface area contributed by atoms with Gasteiger partial charge < -0.3 is 5.73 Å². The van der Waals surface area contributed by atoms with Crippen LogP contribution in [0.2, 0.25) is 0 Å². The molecular weight excluding hydrogens is 304 g/mol. The molecule has 0 aliphatic heterocycles. The molecule has 0 radical (unpaired) electrons. The van der Waals surface area contributed by atoms with Crippen LogP contribution < -0.4 is 10.5 Å². The maximum Gasteiger partial charge on any atom is 0.240 e. The van der Waals surface area contributed by atoms with E-state index in [1.807, 2.05) is 19.9 Å². The summed E-state index contributed by atoms with van der Waals surface area (Å²) in [5, 5.41) is 0. The molecule has 1 heterocycles. The van der Waals surface area contributed by atoms with E-state index in [1.165, 1.54) is 10.4 Å². The van der Waals surface area contributed by atoms with Gasteiger partial charge in [0, 0.05) is 16.3 Å². The van der Waals surface area contributed by atoms with Gasteiger partial charge in [0.25, 0.3) is 0 Å². The molecule has 3 N–H and O–H groups in total. The van der Waals surface area contributed by atoms with Gasteiger partial charge in [0.05, 0.1) is 4.90 Å². The van der Waals surface area contributed by atoms with Crippen molar-refractivity contribution in [2.45, 2.75) is 31.7 Å². The predicted octanol–water partition coefficient (Wildman–Crippen LogP) is 2.34. The molecule has 0 amide bonds. The maximum absolute atomic E-state index is 12.2. The molecule has 114 valence electrons. The van der Waals surface area contributed by atoms with E-state index in [9.17, 15) is 8.42 Å². The van der Waals surface area contributed by atoms with Gasteiger partial charge in [-0.2, -0.15) is 0 Å². The summed E-state index contributed by atoms with van der Waals surface area (Å²) in [5.41, 5.74) is 7.72. The number of nitrogens with two attached hydrogens (primary N) is 1. The monoisotopic (exact) mass is 324 g/mol. The highest BCUT2D eigenvalue weighted by Crippen LogP contribution is 2.21. The van der Waals surface area contributed by atoms with E-state index in [2.05, 4.69) is 4.72 Å². The Balaban J connectivity index is 2.07. The van der Waals surface area contributed by atoms with Crippen molar-refractivity contribution in [2.75, 3.05) is 6.54 Å². The lowest BCUT2D eigenvalue weighted by Crippen LogP contribution is -2.22. The molecule has 2 aromatic rings. The predicted molar refractivity (Wildman–Crippen MR) is 87.0 cm³/mol. The lowest BCUT2D eigenvalue weighted by Gasteiger charge is -2.06. The number of sulfonamides is 1. The third-order valence-corrected chi connectivity index (χ3v) is 5.89. The van der Waals surface area contributed by atoms with Crippen LogP contribution in [0.5, 0.6) is 0 Å². The Hall–Kier alpha value is -1.21. The highest BCUT2D eigenvalue weighted by atomic mass is 32.2. The maximum atomic E-state index is 12.2. The van der Waals surface area contributed by atoms with Crippen LogP contribution >= 0.6 is 11.3 Å². The van der Waals surface area contributed by atoms with Crippen LogP contribution in [0.3, 0.4) is 0 Å². The number of hydrogen-bond donors (Lipinski definition) is 2. The molecular formula is C15H20N2O2S2. The number of hydrogen-bond acceptors (Lipinski definition) is 4. The summed E-state index contributed by atoms with van der Waals surface area (Å²) in [6.07, 6.45) is 0.751. The molecule has 0 aliphatic rings. The summed E-state index contributed by atoms with van der Waals surface area (Å²) in [6.45, 7) is 4.95. The Bertz CT molecular complexity index is 684. The molecule has 1 aromatic carbocycles. The van der Waals surface area contributed by atoms with Gasteiger partial charge in [-0.25, -0.2) is 13.1 Å². The largest absolute Gasteiger partial charge is 0.330 e. The van der Waals surface area contributed by atoms with Crippen LogP contribution in [0.15, 0.2) is 35.2 Å². The molecule has 4 nitrogen and oxygen atoms in total. The molecule has 0 saturated heterocycles. The van der Waals surface area contributed by atoms with E-state index in [4.69, 9.17) is 5.73 Å². The number of nitrogens with one attached hydrogen (secondary N) is 1. The van der Waals surface area contributed by atoms with Crippen LogP contribution in [0.1, 0.15) is 20.9 Å². The van der Waals surface area contributed by atoms with Crippen molar-refractivity contribution in [1.29, 1.82) is 0 Å². The molecule has 0 aliphatic carbocycles. The zero-order chi connectivity index (χ0) is 15.5. The topological polar surface area (TPSA) is 72.2 Å². The first-order valence-corrected chi connectivity index (χ1v) is 9.07. The molecule has 0 bridgehead atoms. The second kappa shape index (κ2) is 6.70. The fourth-order valence-corrected chi connectivity index (χ4v) is 4.08. The Kier molecular flexibility index (Phi) is 5.16. The van der Waals surface area contributed by atoms with Crippen molar-refractivity contribution in [3.05, 3.63) is 51.2 Å². The van der Waals surface area contributed by atoms with E-state index >= 15 is 0 Å². The summed E-state index contributed by atoms with van der Waals surface area (Å²) >= 11 is 1.62. The van der Waals surface area contributed by atoms with Gasteiger partial charge in [0.2, 0.25) is 10.0 Å². The molecule has 2 rings (SSSR count). The first-order chi connectivity index (χ1) is 9.92. The van der Waals surface area contributed by atoms with Crippen molar-refractivity contribution in [3.63, 3.8) is 0 Å². The number of benzene rings is 1. The molecule has 6 heteroatoms. The van der Waals surface area contributed by atoms with Gasteiger partial charge >= 0.3 is 0 Å². The summed E-state index contributed by atoms with van der Waals surface area (Å²) in [6, 6.07) is 8.88. The Morgan fingerprint density at radius 1 is 1.19 bits per heavy atom. The summed E-state index contributed by atoms with van der Waals surface area (Å²) in [7, 11) is -3.47. The lowest BCUT2D eigenvalue weighted by molar-refractivity contribution is 0.582. The van der Waals surface area contributed by atoms with E-state index in [0.717, 1.165) is 16.9 Å². The number of rotatable bonds is 6. The van der Waals surface area contributed by atoms with Crippen LogP contribution in [-0.2, 0) is 23.0 Å². The molecule has 21 heavy (non-hydrogen) atoms. The highest BCUT2D eigenvalue weighted by molar-refractivity contribution is 7.89. The smallest absolute Gasteiger partial charge is 0.240 e. The van der Waals surface area contributed by atoms with Gasteiger partial charge in [-0.1, -0.05) is 12.1 Å². The molecule has 1 aromatic heterocycles. The molecule has 0 fully saturated rings. The third kappa shape index (κ3) is 4.14. The second-order valence-electron chi connectivity index (χ2n) is 4.96. The fourth-order valence-electron chi connectivity index (χ4n) is 1.99. The van der Waals surface area contributed by atoms with Crippen LogP contribution in [-0.4, -0.2) is 15.0 Å². The second-order valence-corrected chi connectivity index (χ2v) is 8.07. The fraction of sp³-hybridized carbons (Fsp3) is 0.333. The minimum Gasteiger partial charge on any atom is -0.330 e. The van der Waals surface area contributed by atoms with Crippen molar-refractivity contribution in [2.24, 2.45) is 5.73 Å². The summed E-state index contributed by atoms with van der Waals surface area (Å²) < 4.78 is 27.1. The normalized spacial score (nSPS) is 11.8. The SMILES string of the molecule is Cc1cc(CNS(=O)(=O)c2ccc(CCN)cc2)sc1C. The first-order valence-electron chi connectivity index (χ1n) is 6.77. The van der Waals surface area contributed by atoms with E-state index in [1.54, 1.807) is 35.6 Å². The van der Waals surface area contributed by atoms with Crippen molar-refractivity contribution < 1.29 is 8.42 Å². The quantitative estimate of drug-likeness (QED) is 0.857. The van der Waals surface area contributed by atoms with Crippen molar-refractivity contribution >= 4 is 21.4 Å². The zero-order valence-electron chi connectivity index (χ0n) is 12.2. The number of thiophene rings is 1. The van der Waals surface area contributed by atoms with Gasteiger partial charge in [0.1, 0.15) is 0 Å². The van der Waals surface area contributed by atoms with Crippen LogP contribution in [0, 0.1) is 13.8 Å². The lowest BCUT2D eigenvalue weighted by atomic mass is 10.2. The molecule has 0 unspecified atom stereocenters. The molecule has 0 saturated carbocycles. The van der Waals surface area contributed by atoms with Crippen LogP contribution in [0.25, 0.3) is 0 Å². The third-order valence-electron chi connectivity index (χ3n) is 3.32. The summed E-state index contributed by atoms with van der Waals surface area (Å²) in [5.74, 6) is 0. The minimum absolute atomic E-state index is 0.285. The molecule has 0 atom stereocenters. The van der Waals surface area contributed by atoms with Gasteiger partial charge in [0.15, 0.2) is 0 Å². The van der Waals surface area contributed by atoms with Gasteiger partial charge in [-0.3, -0.25) is 0 Å². The Morgan fingerprint density at radius 3 is 2.38 bits per heavy atom. The zero-order valence-corrected chi connectivity index (χ0v) is 13.9. The minimum atomic E-state index is -3.47. The van der Waals surface area contributed by atoms with Crippen molar-refractivity contribution in [1.82, 2.24) is 4.72 Å². The summed E-state index contributed by atoms with van der Waals surface area (Å²) in [4.78, 5) is 2.52. The van der Waals surface area contributed by atoms with Crippen molar-refractivity contribution in [3.8, 4) is 0 Å². The van der Waals surface area contributed by atoms with E-state index in [-0.39, 0.29) is 4.90 Å². The van der Waals surface area contributed by atoms with E-state index in [0.29, 0.717) is 13.1 Å². The van der Waals surface area contributed by atoms with Gasteiger partial charge in [-0.05, 0) is 56.1 Å². The average Bonchev–Trinajstić information content (AvgIpc) is 2.77. The first kappa shape index (κ1) is 16.2. The Labute approximate surface area is 130 Å². The Morgan fingerprint density at radius 2 is 1.86 bits per heavy atom. The highest BCUT2D eigenvalue weighted by Gasteiger charge is 2.14. The van der Waals surface area contributed by atoms with E-state index < -0.39 is 10.0 Å². The van der Waals surface area contributed by atoms with Gasteiger partial charge in [-0.15, -0.1) is 11.3 Å². The van der Waals surface area contributed by atoms with Crippen LogP contribution in [0.4, 0.5) is 0 Å². The molecule has 0 spiro atoms. The standard InChI is InChI=1S/C15H20N2O2S2/c1-11-9-14(20-12(11)2)10-17-21(18,19)15-5-3-13(4-6-15)7-8-16/h3-6,9,17H,7-8,10,16H2,1-2H3.